The second kappa shape index (κ2) is 20.9. The third-order valence-electron chi connectivity index (χ3n) is 12.7. The van der Waals surface area contributed by atoms with Crippen molar-refractivity contribution in [2.75, 3.05) is 0 Å². The molecule has 0 bridgehead atoms. The maximum absolute atomic E-state index is 11.7. The molecule has 8 rings (SSSR count). The van der Waals surface area contributed by atoms with Crippen molar-refractivity contribution in [3.63, 3.8) is 0 Å². The molecule has 0 unspecified atom stereocenters. The second-order valence-electron chi connectivity index (χ2n) is 19.5. The van der Waals surface area contributed by atoms with Crippen molar-refractivity contribution in [2.24, 2.45) is 0 Å². The number of thiol groups is 1. The summed E-state index contributed by atoms with van der Waals surface area (Å²) >= 11 is 6.27. The average Bonchev–Trinajstić information content (AvgIpc) is 3.74. The van der Waals surface area contributed by atoms with Crippen LogP contribution in [-0.2, 0) is 35.2 Å². The van der Waals surface area contributed by atoms with Crippen LogP contribution in [0.25, 0.3) is 28.2 Å². The van der Waals surface area contributed by atoms with Gasteiger partial charge < -0.3 is 14.8 Å². The van der Waals surface area contributed by atoms with Crippen LogP contribution in [0, 0.1) is 6.92 Å². The molecule has 0 spiro atoms. The van der Waals surface area contributed by atoms with Gasteiger partial charge in [-0.05, 0) is 102 Å². The Balaban J connectivity index is 0.000000188. The third-order valence-corrected chi connectivity index (χ3v) is 14.4. The predicted molar refractivity (Wildman–Crippen MR) is 275 cm³/mol. The van der Waals surface area contributed by atoms with Gasteiger partial charge in [-0.2, -0.15) is 24.4 Å². The molecular weight excluding hydrogens is 795 g/mol. The molecule has 5 heteroatoms. The Morgan fingerprint density at radius 1 is 0.806 bits per heavy atom. The molecule has 4 aromatic carbocycles. The zero-order valence-electron chi connectivity index (χ0n) is 38.8. The van der Waals surface area contributed by atoms with Crippen molar-refractivity contribution in [3.8, 4) is 17.2 Å². The van der Waals surface area contributed by atoms with Crippen LogP contribution < -0.4 is 0 Å². The quantitative estimate of drug-likeness (QED) is 0.113. The van der Waals surface area contributed by atoms with Crippen molar-refractivity contribution in [3.05, 3.63) is 159 Å². The molecule has 0 radical (unpaired) electrons. The fourth-order valence-electron chi connectivity index (χ4n) is 8.98. The van der Waals surface area contributed by atoms with Crippen molar-refractivity contribution < 1.29 is 10.2 Å². The van der Waals surface area contributed by atoms with Gasteiger partial charge in [0.2, 0.25) is 0 Å². The highest BCUT2D eigenvalue weighted by Gasteiger charge is 2.25. The summed E-state index contributed by atoms with van der Waals surface area (Å²) in [5.41, 5.74) is 16.0. The number of nitrogens with zero attached hydrogens (tertiary/aromatic N) is 1. The summed E-state index contributed by atoms with van der Waals surface area (Å²) in [4.78, 5) is 0. The van der Waals surface area contributed by atoms with Crippen LogP contribution in [0.4, 0.5) is 0 Å². The molecule has 0 amide bonds. The zero-order valence-corrected chi connectivity index (χ0v) is 40.5. The minimum atomic E-state index is 0.0189. The number of thioether (sulfide) groups is 1. The molecule has 1 heterocycles. The van der Waals surface area contributed by atoms with Gasteiger partial charge in [-0.25, -0.2) is 0 Å². The first-order valence-electron chi connectivity index (χ1n) is 22.9. The molecule has 3 aliphatic rings. The number of fused-ring (bicyclic) bond motifs is 4. The van der Waals surface area contributed by atoms with Crippen LogP contribution in [0.5, 0.6) is 11.5 Å². The van der Waals surface area contributed by atoms with Crippen LogP contribution in [0.15, 0.2) is 109 Å². The maximum Gasteiger partial charge on any atom is 0.143 e. The fourth-order valence-corrected chi connectivity index (χ4v) is 10.5. The first-order valence-corrected chi connectivity index (χ1v) is 24.6. The standard InChI is InChI=1S/C31H39NOS.C14H14.C12H18OS/c1-31(2,3)23-19-22(21-34-24-13-7-5-4-6-8-14-24)30(33)29(20-23)32-27-17-11-9-15-25(27)26-16-10-12-18-28(26)32;1-3-4-8-13-11(2)10-12-7-5-6-9-14(12)13;1-8-5-10(12(2,3)4)6-9(7-14)11(8)13/h9-11,15-17,19-20,24,33H,4-8,12-14,18,21H2,1-3H3;3-9H,1,10H2,2H3;5-6,13-14H,7H2,1-4H3/b;8-4-;. The van der Waals surface area contributed by atoms with Gasteiger partial charge in [-0.1, -0.05) is 177 Å². The molecule has 3 aliphatic carbocycles. The SMILES string of the molecule is C=C/C=C\C1=C(C)Cc2ccccc21.CC(C)(C)c1cc(CSC2CCCCCCC2)c(O)c(-n2c3c(c4ccccc42)C=CCC3)c1.Cc1cc(C(C)(C)C)cc(CS)c1O. The summed E-state index contributed by atoms with van der Waals surface area (Å²) in [6.45, 7) is 21.2. The Hall–Kier alpha value is -4.32. The fraction of sp³-hybridized carbons (Fsp3) is 0.404. The van der Waals surface area contributed by atoms with Crippen molar-refractivity contribution in [1.82, 2.24) is 4.57 Å². The number of hydrogen-bond donors (Lipinski definition) is 3. The van der Waals surface area contributed by atoms with E-state index in [1.54, 1.807) is 0 Å². The molecule has 2 N–H and O–H groups in total. The Labute approximate surface area is 383 Å². The van der Waals surface area contributed by atoms with E-state index in [2.05, 4.69) is 163 Å². The third kappa shape index (κ3) is 11.2. The molecule has 3 nitrogen and oxygen atoms in total. The van der Waals surface area contributed by atoms with Gasteiger partial charge in [0.1, 0.15) is 11.5 Å². The highest BCUT2D eigenvalue weighted by atomic mass is 32.2. The number of aryl methyl sites for hydroxylation is 1. The number of phenolic OH excluding ortho intramolecular Hbond substituents is 2. The van der Waals surface area contributed by atoms with Gasteiger partial charge in [-0.3, -0.25) is 0 Å². The highest BCUT2D eigenvalue weighted by Crippen LogP contribution is 2.42. The van der Waals surface area contributed by atoms with Crippen molar-refractivity contribution in [2.45, 2.75) is 147 Å². The lowest BCUT2D eigenvalue weighted by Gasteiger charge is -2.25. The Morgan fingerprint density at radius 3 is 2.15 bits per heavy atom. The molecule has 1 fully saturated rings. The van der Waals surface area contributed by atoms with E-state index in [9.17, 15) is 10.2 Å². The molecule has 0 atom stereocenters. The number of aromatic hydroxyl groups is 2. The summed E-state index contributed by atoms with van der Waals surface area (Å²) in [7, 11) is 0. The maximum atomic E-state index is 11.7. The van der Waals surface area contributed by atoms with E-state index in [1.165, 1.54) is 101 Å². The lowest BCUT2D eigenvalue weighted by Crippen LogP contribution is -2.14. The number of benzene rings is 4. The van der Waals surface area contributed by atoms with E-state index >= 15 is 0 Å². The Morgan fingerprint density at radius 2 is 1.45 bits per heavy atom. The van der Waals surface area contributed by atoms with Gasteiger partial charge in [0.15, 0.2) is 0 Å². The van der Waals surface area contributed by atoms with Crippen molar-refractivity contribution in [1.29, 1.82) is 0 Å². The first kappa shape index (κ1) is 47.2. The first-order chi connectivity index (χ1) is 29.6. The molecule has 1 saturated carbocycles. The lowest BCUT2D eigenvalue weighted by atomic mass is 9.85. The molecule has 62 heavy (non-hydrogen) atoms. The van der Waals surface area contributed by atoms with E-state index < -0.39 is 0 Å². The summed E-state index contributed by atoms with van der Waals surface area (Å²) in [5, 5.41) is 23.4. The molecule has 328 valence electrons. The second-order valence-corrected chi connectivity index (χ2v) is 21.1. The monoisotopic (exact) mass is 865 g/mol. The molecular formula is C57H71NO2S2. The Kier molecular flexibility index (Phi) is 15.9. The topological polar surface area (TPSA) is 45.4 Å². The van der Waals surface area contributed by atoms with Gasteiger partial charge in [-0.15, -0.1) is 0 Å². The number of aromatic nitrogens is 1. The molecule has 0 aliphatic heterocycles. The van der Waals surface area contributed by atoms with Crippen LogP contribution >= 0.6 is 24.4 Å². The lowest BCUT2D eigenvalue weighted by molar-refractivity contribution is 0.464. The number of phenols is 2. The smallest absolute Gasteiger partial charge is 0.143 e. The van der Waals surface area contributed by atoms with E-state index in [-0.39, 0.29) is 10.8 Å². The zero-order chi connectivity index (χ0) is 44.6. The van der Waals surface area contributed by atoms with E-state index in [4.69, 9.17) is 0 Å². The minimum Gasteiger partial charge on any atom is -0.507 e. The minimum absolute atomic E-state index is 0.0189. The summed E-state index contributed by atoms with van der Waals surface area (Å²) in [5.74, 6) is 2.31. The van der Waals surface area contributed by atoms with Crippen LogP contribution in [0.3, 0.4) is 0 Å². The number of rotatable bonds is 7. The van der Waals surface area contributed by atoms with E-state index in [0.717, 1.165) is 47.4 Å². The van der Waals surface area contributed by atoms with Crippen LogP contribution in [0.1, 0.15) is 150 Å². The highest BCUT2D eigenvalue weighted by molar-refractivity contribution is 7.99. The van der Waals surface area contributed by atoms with Crippen molar-refractivity contribution >= 4 is 46.9 Å². The number of para-hydroxylation sites is 1. The van der Waals surface area contributed by atoms with Crippen LogP contribution in [0.2, 0.25) is 0 Å². The van der Waals surface area contributed by atoms with Gasteiger partial charge in [0.25, 0.3) is 0 Å². The Bertz CT molecular complexity index is 2440. The largest absolute Gasteiger partial charge is 0.507 e. The van der Waals surface area contributed by atoms with E-state index in [1.807, 2.05) is 31.2 Å². The number of allylic oxidation sites excluding steroid dienone is 6. The molecule has 5 aromatic rings. The normalized spacial score (nSPS) is 15.6. The predicted octanol–water partition coefficient (Wildman–Crippen LogP) is 16.1. The number of hydrogen-bond acceptors (Lipinski definition) is 4. The van der Waals surface area contributed by atoms with E-state index in [0.29, 0.717) is 22.5 Å². The molecule has 0 saturated heterocycles. The summed E-state index contributed by atoms with van der Waals surface area (Å²) in [6.07, 6.45) is 23.2. The van der Waals surface area contributed by atoms with Gasteiger partial charge in [0.05, 0.1) is 11.2 Å². The van der Waals surface area contributed by atoms with Gasteiger partial charge in [0, 0.05) is 44.5 Å². The van der Waals surface area contributed by atoms with Gasteiger partial charge >= 0.3 is 0 Å². The summed E-state index contributed by atoms with van der Waals surface area (Å²) in [6, 6.07) is 25.8. The molecule has 1 aromatic heterocycles. The summed E-state index contributed by atoms with van der Waals surface area (Å²) < 4.78 is 2.35. The average molecular weight is 866 g/mol. The van der Waals surface area contributed by atoms with Crippen LogP contribution in [-0.4, -0.2) is 20.0 Å².